The molecule has 4 nitrogen and oxygen atoms in total. The standard InChI is InChI=1S/C21H27N3O.CH4/c1-13-17(21(22)25)12-20(23-13)16-7-2-3-8-19(16)24-18-10-9-14-5-4-6-15(18)11-14;/h2-3,7-8,12,14-15,18,23-24H,4-6,9-11H2,1H3,(H2,22,25);1H4. The van der Waals surface area contributed by atoms with Crippen LogP contribution in [0.3, 0.4) is 0 Å². The maximum absolute atomic E-state index is 11.6. The van der Waals surface area contributed by atoms with Crippen molar-refractivity contribution >= 4 is 11.6 Å². The Balaban J connectivity index is 0.00000196. The molecule has 2 aromatic rings. The number of nitrogens with one attached hydrogen (secondary N) is 2. The molecule has 4 N–H and O–H groups in total. The van der Waals surface area contributed by atoms with Gasteiger partial charge in [0.05, 0.1) is 5.56 Å². The van der Waals surface area contributed by atoms with E-state index in [1.807, 2.05) is 19.1 Å². The number of hydrogen-bond acceptors (Lipinski definition) is 2. The molecular weight excluding hydrogens is 322 g/mol. The van der Waals surface area contributed by atoms with Gasteiger partial charge in [-0.1, -0.05) is 38.5 Å². The summed E-state index contributed by atoms with van der Waals surface area (Å²) in [7, 11) is 0. The van der Waals surface area contributed by atoms with Crippen molar-refractivity contribution in [3.8, 4) is 11.3 Å². The first-order chi connectivity index (χ1) is 12.1. The SMILES string of the molecule is C.Cc1[nH]c(-c2ccccc2NC2CCC3CCCC2C3)cc1C(N)=O. The molecule has 2 fully saturated rings. The van der Waals surface area contributed by atoms with Crippen LogP contribution in [-0.4, -0.2) is 16.9 Å². The third kappa shape index (κ3) is 3.50. The lowest BCUT2D eigenvalue weighted by Gasteiger charge is -2.41. The number of amides is 1. The quantitative estimate of drug-likeness (QED) is 0.715. The van der Waals surface area contributed by atoms with Gasteiger partial charge >= 0.3 is 0 Å². The first kappa shape index (κ1) is 18.6. The summed E-state index contributed by atoms with van der Waals surface area (Å²) in [5, 5.41) is 3.83. The van der Waals surface area contributed by atoms with E-state index in [1.54, 1.807) is 0 Å². The van der Waals surface area contributed by atoms with Crippen molar-refractivity contribution in [3.63, 3.8) is 0 Å². The van der Waals surface area contributed by atoms with Crippen molar-refractivity contribution in [3.05, 3.63) is 41.6 Å². The molecule has 3 atom stereocenters. The fourth-order valence-corrected chi connectivity index (χ4v) is 4.80. The molecule has 2 saturated carbocycles. The zero-order chi connectivity index (χ0) is 17.4. The number of para-hydroxylation sites is 1. The van der Waals surface area contributed by atoms with E-state index in [-0.39, 0.29) is 13.3 Å². The van der Waals surface area contributed by atoms with Gasteiger partial charge < -0.3 is 16.0 Å². The number of carbonyl (C=O) groups excluding carboxylic acids is 1. The highest BCUT2D eigenvalue weighted by Crippen LogP contribution is 2.41. The van der Waals surface area contributed by atoms with Gasteiger partial charge in [0.1, 0.15) is 0 Å². The van der Waals surface area contributed by atoms with Gasteiger partial charge in [-0.15, -0.1) is 0 Å². The number of primary amides is 1. The fourth-order valence-electron chi connectivity index (χ4n) is 4.80. The highest BCUT2D eigenvalue weighted by molar-refractivity contribution is 5.96. The van der Waals surface area contributed by atoms with E-state index in [1.165, 1.54) is 38.5 Å². The minimum absolute atomic E-state index is 0. The van der Waals surface area contributed by atoms with Crippen LogP contribution in [-0.2, 0) is 0 Å². The number of aryl methyl sites for hydroxylation is 1. The number of hydrogen-bond donors (Lipinski definition) is 3. The lowest BCUT2D eigenvalue weighted by Crippen LogP contribution is -2.37. The van der Waals surface area contributed by atoms with Crippen LogP contribution in [0, 0.1) is 18.8 Å². The number of benzene rings is 1. The van der Waals surface area contributed by atoms with Crippen LogP contribution in [0.1, 0.15) is 62.0 Å². The van der Waals surface area contributed by atoms with E-state index in [0.717, 1.165) is 34.5 Å². The second-order valence-electron chi connectivity index (χ2n) is 7.75. The van der Waals surface area contributed by atoms with Crippen molar-refractivity contribution in [1.82, 2.24) is 4.98 Å². The number of aromatic nitrogens is 1. The lowest BCUT2D eigenvalue weighted by molar-refractivity contribution is 0.1000. The van der Waals surface area contributed by atoms with Gasteiger partial charge in [-0.2, -0.15) is 0 Å². The van der Waals surface area contributed by atoms with Crippen molar-refractivity contribution in [1.29, 1.82) is 0 Å². The largest absolute Gasteiger partial charge is 0.381 e. The van der Waals surface area contributed by atoms with Crippen LogP contribution < -0.4 is 11.1 Å². The Labute approximate surface area is 156 Å². The highest BCUT2D eigenvalue weighted by atomic mass is 16.1. The topological polar surface area (TPSA) is 70.9 Å². The number of anilines is 1. The summed E-state index contributed by atoms with van der Waals surface area (Å²) < 4.78 is 0. The van der Waals surface area contributed by atoms with Gasteiger partial charge in [0.15, 0.2) is 0 Å². The van der Waals surface area contributed by atoms with Crippen LogP contribution in [0.4, 0.5) is 5.69 Å². The maximum Gasteiger partial charge on any atom is 0.250 e. The molecule has 0 saturated heterocycles. The van der Waals surface area contributed by atoms with Crippen LogP contribution in [0.2, 0.25) is 0 Å². The van der Waals surface area contributed by atoms with E-state index in [4.69, 9.17) is 5.73 Å². The molecule has 1 amide bonds. The molecule has 2 aliphatic rings. The van der Waals surface area contributed by atoms with Gasteiger partial charge in [-0.3, -0.25) is 4.79 Å². The third-order valence-electron chi connectivity index (χ3n) is 6.12. The Hall–Kier alpha value is -2.23. The number of rotatable bonds is 4. The molecule has 1 aromatic carbocycles. The Kier molecular flexibility index (Phi) is 5.40. The van der Waals surface area contributed by atoms with E-state index < -0.39 is 0 Å². The molecule has 26 heavy (non-hydrogen) atoms. The summed E-state index contributed by atoms with van der Waals surface area (Å²) in [6.07, 6.45) is 8.16. The summed E-state index contributed by atoms with van der Waals surface area (Å²) in [5.41, 5.74) is 10.1. The molecule has 3 unspecified atom stereocenters. The minimum atomic E-state index is -0.383. The normalized spacial score (nSPS) is 24.6. The predicted octanol–water partition coefficient (Wildman–Crippen LogP) is 5.11. The monoisotopic (exact) mass is 353 g/mol. The van der Waals surface area contributed by atoms with Gasteiger partial charge in [0, 0.05) is 28.7 Å². The molecule has 0 spiro atoms. The number of H-pyrrole nitrogens is 1. The first-order valence-electron chi connectivity index (χ1n) is 9.47. The Bertz CT molecular complexity index is 779. The molecular formula is C22H31N3O. The van der Waals surface area contributed by atoms with Gasteiger partial charge in [0.2, 0.25) is 0 Å². The third-order valence-corrected chi connectivity index (χ3v) is 6.12. The summed E-state index contributed by atoms with van der Waals surface area (Å²) in [4.78, 5) is 14.9. The summed E-state index contributed by atoms with van der Waals surface area (Å²) in [6.45, 7) is 1.89. The Morgan fingerprint density at radius 2 is 2.00 bits per heavy atom. The molecule has 4 heteroatoms. The number of carbonyl (C=O) groups is 1. The Morgan fingerprint density at radius 1 is 1.19 bits per heavy atom. The zero-order valence-corrected chi connectivity index (χ0v) is 14.8. The van der Waals surface area contributed by atoms with Gasteiger partial charge in [-0.05, 0) is 56.6 Å². The zero-order valence-electron chi connectivity index (χ0n) is 14.8. The van der Waals surface area contributed by atoms with Crippen molar-refractivity contribution in [2.75, 3.05) is 5.32 Å². The molecule has 0 radical (unpaired) electrons. The number of nitrogens with two attached hydrogens (primary N) is 1. The van der Waals surface area contributed by atoms with E-state index in [9.17, 15) is 4.79 Å². The maximum atomic E-state index is 11.6. The van der Waals surface area contributed by atoms with Gasteiger partial charge in [0.25, 0.3) is 5.91 Å². The van der Waals surface area contributed by atoms with E-state index >= 15 is 0 Å². The Morgan fingerprint density at radius 3 is 2.77 bits per heavy atom. The summed E-state index contributed by atoms with van der Waals surface area (Å²) in [6, 6.07) is 10.8. The van der Waals surface area contributed by atoms with Crippen LogP contribution in [0.25, 0.3) is 11.3 Å². The average molecular weight is 354 g/mol. The van der Waals surface area contributed by atoms with Crippen LogP contribution in [0.15, 0.2) is 30.3 Å². The second kappa shape index (κ2) is 7.56. The number of fused-ring (bicyclic) bond motifs is 2. The smallest absolute Gasteiger partial charge is 0.250 e. The molecule has 2 bridgehead atoms. The predicted molar refractivity (Wildman–Crippen MR) is 108 cm³/mol. The number of aromatic amines is 1. The second-order valence-corrected chi connectivity index (χ2v) is 7.75. The first-order valence-corrected chi connectivity index (χ1v) is 9.47. The fraction of sp³-hybridized carbons (Fsp3) is 0.500. The lowest BCUT2D eigenvalue weighted by atomic mass is 9.70. The molecule has 1 aromatic heterocycles. The summed E-state index contributed by atoms with van der Waals surface area (Å²) >= 11 is 0. The average Bonchev–Trinajstić information content (AvgIpc) is 3.00. The summed E-state index contributed by atoms with van der Waals surface area (Å²) in [5.74, 6) is 1.37. The van der Waals surface area contributed by atoms with Crippen molar-refractivity contribution in [2.24, 2.45) is 17.6 Å². The van der Waals surface area contributed by atoms with Crippen LogP contribution in [0.5, 0.6) is 0 Å². The van der Waals surface area contributed by atoms with E-state index in [2.05, 4.69) is 28.5 Å². The molecule has 4 rings (SSSR count). The van der Waals surface area contributed by atoms with Crippen molar-refractivity contribution < 1.29 is 4.79 Å². The molecule has 1 heterocycles. The van der Waals surface area contributed by atoms with Crippen LogP contribution >= 0.6 is 0 Å². The molecule has 0 aliphatic heterocycles. The van der Waals surface area contributed by atoms with E-state index in [0.29, 0.717) is 11.6 Å². The van der Waals surface area contributed by atoms with Gasteiger partial charge in [-0.25, -0.2) is 0 Å². The minimum Gasteiger partial charge on any atom is -0.381 e. The highest BCUT2D eigenvalue weighted by Gasteiger charge is 2.33. The van der Waals surface area contributed by atoms with Crippen molar-refractivity contribution in [2.45, 2.75) is 58.9 Å². The molecule has 2 aliphatic carbocycles. The molecule has 140 valence electrons.